The Morgan fingerprint density at radius 1 is 1.23 bits per heavy atom. The average molecular weight is 176 g/mol. The van der Waals surface area contributed by atoms with Gasteiger partial charge in [0, 0.05) is 0 Å². The normalized spacial score (nSPS) is 26.1. The second-order valence-corrected chi connectivity index (χ2v) is 4.49. The zero-order valence-corrected chi connectivity index (χ0v) is 8.68. The summed E-state index contributed by atoms with van der Waals surface area (Å²) in [5.74, 6) is 0. The summed E-state index contributed by atoms with van der Waals surface area (Å²) in [6.07, 6.45) is 16.8. The quantitative estimate of drug-likeness (QED) is 0.590. The van der Waals surface area contributed by atoms with Gasteiger partial charge in [0.1, 0.15) is 0 Å². The molecule has 0 bridgehead atoms. The van der Waals surface area contributed by atoms with E-state index in [1.54, 1.807) is 5.57 Å². The first-order valence-electron chi connectivity index (χ1n) is 5.74. The summed E-state index contributed by atoms with van der Waals surface area (Å²) in [6, 6.07) is 0. The largest absolute Gasteiger partial charge is 0.0804 e. The molecule has 0 aliphatic heterocycles. The second-order valence-electron chi connectivity index (χ2n) is 4.49. The molecule has 1 fully saturated rings. The molecule has 0 saturated heterocycles. The van der Waals surface area contributed by atoms with Crippen molar-refractivity contribution in [2.75, 3.05) is 0 Å². The summed E-state index contributed by atoms with van der Waals surface area (Å²) in [5, 5.41) is 0. The van der Waals surface area contributed by atoms with Crippen LogP contribution in [0.5, 0.6) is 0 Å². The highest BCUT2D eigenvalue weighted by Gasteiger charge is 2.33. The smallest absolute Gasteiger partial charge is 0.00527 e. The van der Waals surface area contributed by atoms with Crippen molar-refractivity contribution >= 4 is 0 Å². The van der Waals surface area contributed by atoms with E-state index in [0.29, 0.717) is 5.41 Å². The first kappa shape index (κ1) is 9.05. The molecular weight excluding hydrogens is 156 g/mol. The number of allylic oxidation sites excluding steroid dienone is 4. The van der Waals surface area contributed by atoms with Crippen LogP contribution in [0.15, 0.2) is 23.8 Å². The van der Waals surface area contributed by atoms with Gasteiger partial charge in [-0.05, 0) is 36.7 Å². The van der Waals surface area contributed by atoms with Crippen LogP contribution < -0.4 is 0 Å². The van der Waals surface area contributed by atoms with Crippen molar-refractivity contribution in [3.05, 3.63) is 23.8 Å². The zero-order valence-electron chi connectivity index (χ0n) is 8.68. The van der Waals surface area contributed by atoms with Crippen LogP contribution in [-0.4, -0.2) is 0 Å². The number of hydrogen-bond donors (Lipinski definition) is 0. The monoisotopic (exact) mass is 176 g/mol. The second kappa shape index (κ2) is 3.69. The summed E-state index contributed by atoms with van der Waals surface area (Å²) < 4.78 is 0. The minimum absolute atomic E-state index is 0.575. The van der Waals surface area contributed by atoms with E-state index < -0.39 is 0 Å². The SMILES string of the molecule is CCC1(C2=CCC=C2)CCCCC1. The molecule has 13 heavy (non-hydrogen) atoms. The first-order valence-corrected chi connectivity index (χ1v) is 5.74. The van der Waals surface area contributed by atoms with Crippen molar-refractivity contribution in [3.8, 4) is 0 Å². The fourth-order valence-electron chi connectivity index (χ4n) is 2.93. The molecule has 2 rings (SSSR count). The highest BCUT2D eigenvalue weighted by Crippen LogP contribution is 2.46. The van der Waals surface area contributed by atoms with E-state index in [4.69, 9.17) is 0 Å². The van der Waals surface area contributed by atoms with Gasteiger partial charge >= 0.3 is 0 Å². The molecule has 1 saturated carbocycles. The molecule has 72 valence electrons. The van der Waals surface area contributed by atoms with Crippen LogP contribution in [0.2, 0.25) is 0 Å². The Balaban J connectivity index is 2.17. The van der Waals surface area contributed by atoms with Gasteiger partial charge in [0.15, 0.2) is 0 Å². The van der Waals surface area contributed by atoms with Crippen molar-refractivity contribution in [1.29, 1.82) is 0 Å². The Labute approximate surface area is 81.7 Å². The van der Waals surface area contributed by atoms with Crippen molar-refractivity contribution in [2.45, 2.75) is 51.9 Å². The van der Waals surface area contributed by atoms with E-state index in [2.05, 4.69) is 25.2 Å². The predicted octanol–water partition coefficient (Wildman–Crippen LogP) is 4.23. The maximum absolute atomic E-state index is 2.44. The summed E-state index contributed by atoms with van der Waals surface area (Å²) in [6.45, 7) is 2.36. The predicted molar refractivity (Wildman–Crippen MR) is 57.6 cm³/mol. The lowest BCUT2D eigenvalue weighted by atomic mass is 9.67. The van der Waals surface area contributed by atoms with Crippen LogP contribution in [0, 0.1) is 5.41 Å². The van der Waals surface area contributed by atoms with E-state index in [9.17, 15) is 0 Å². The minimum Gasteiger partial charge on any atom is -0.0804 e. The van der Waals surface area contributed by atoms with Gasteiger partial charge in [-0.1, -0.05) is 44.4 Å². The van der Waals surface area contributed by atoms with Gasteiger partial charge in [-0.2, -0.15) is 0 Å². The molecule has 0 N–H and O–H groups in total. The molecule has 0 aromatic heterocycles. The highest BCUT2D eigenvalue weighted by molar-refractivity contribution is 5.32. The van der Waals surface area contributed by atoms with E-state index in [1.165, 1.54) is 44.9 Å². The Bertz CT molecular complexity index is 226. The third kappa shape index (κ3) is 1.59. The molecular formula is C13H20. The van der Waals surface area contributed by atoms with Gasteiger partial charge in [-0.15, -0.1) is 0 Å². The standard InChI is InChI=1S/C13H20/c1-2-13(10-6-3-7-11-13)12-8-4-5-9-12/h4,8-9H,2-3,5-7,10-11H2,1H3. The van der Waals surface area contributed by atoms with Crippen molar-refractivity contribution in [1.82, 2.24) is 0 Å². The lowest BCUT2D eigenvalue weighted by Crippen LogP contribution is -2.24. The van der Waals surface area contributed by atoms with Crippen LogP contribution >= 0.6 is 0 Å². The summed E-state index contributed by atoms with van der Waals surface area (Å²) in [5.41, 5.74) is 2.22. The summed E-state index contributed by atoms with van der Waals surface area (Å²) in [7, 11) is 0. The molecule has 2 aliphatic carbocycles. The number of rotatable bonds is 2. The molecule has 0 heterocycles. The summed E-state index contributed by atoms with van der Waals surface area (Å²) >= 11 is 0. The molecule has 0 amide bonds. The fraction of sp³-hybridized carbons (Fsp3) is 0.692. The van der Waals surface area contributed by atoms with Crippen LogP contribution in [-0.2, 0) is 0 Å². The lowest BCUT2D eigenvalue weighted by molar-refractivity contribution is 0.236. The van der Waals surface area contributed by atoms with Gasteiger partial charge in [-0.25, -0.2) is 0 Å². The molecule has 0 radical (unpaired) electrons. The molecule has 0 atom stereocenters. The first-order chi connectivity index (χ1) is 6.37. The molecule has 2 aliphatic rings. The van der Waals surface area contributed by atoms with Crippen molar-refractivity contribution in [2.24, 2.45) is 5.41 Å². The Kier molecular flexibility index (Phi) is 2.57. The third-order valence-corrected chi connectivity index (χ3v) is 3.87. The maximum Gasteiger partial charge on any atom is -0.00527 e. The van der Waals surface area contributed by atoms with Crippen LogP contribution in [0.25, 0.3) is 0 Å². The van der Waals surface area contributed by atoms with E-state index in [0.717, 1.165) is 0 Å². The van der Waals surface area contributed by atoms with Crippen LogP contribution in [0.1, 0.15) is 51.9 Å². The fourth-order valence-corrected chi connectivity index (χ4v) is 2.93. The molecule has 0 nitrogen and oxygen atoms in total. The zero-order chi connectivity index (χ0) is 9.15. The van der Waals surface area contributed by atoms with E-state index >= 15 is 0 Å². The lowest BCUT2D eigenvalue weighted by Gasteiger charge is -2.37. The van der Waals surface area contributed by atoms with Gasteiger partial charge in [0.05, 0.1) is 0 Å². The Morgan fingerprint density at radius 3 is 2.54 bits per heavy atom. The third-order valence-electron chi connectivity index (χ3n) is 3.87. The Morgan fingerprint density at radius 2 is 2.00 bits per heavy atom. The maximum atomic E-state index is 2.44. The minimum atomic E-state index is 0.575. The van der Waals surface area contributed by atoms with Crippen LogP contribution in [0.4, 0.5) is 0 Å². The molecule has 0 spiro atoms. The molecule has 0 heteroatoms. The van der Waals surface area contributed by atoms with Gasteiger partial charge in [-0.3, -0.25) is 0 Å². The Hall–Kier alpha value is -0.520. The molecule has 0 unspecified atom stereocenters. The molecule has 0 aromatic rings. The van der Waals surface area contributed by atoms with Crippen LogP contribution in [0.3, 0.4) is 0 Å². The number of hydrogen-bond acceptors (Lipinski definition) is 0. The average Bonchev–Trinajstić information content (AvgIpc) is 2.72. The van der Waals surface area contributed by atoms with E-state index in [-0.39, 0.29) is 0 Å². The highest BCUT2D eigenvalue weighted by atomic mass is 14.4. The van der Waals surface area contributed by atoms with E-state index in [1.807, 2.05) is 0 Å². The molecule has 0 aromatic carbocycles. The van der Waals surface area contributed by atoms with Gasteiger partial charge in [0.2, 0.25) is 0 Å². The van der Waals surface area contributed by atoms with Gasteiger partial charge in [0.25, 0.3) is 0 Å². The topological polar surface area (TPSA) is 0 Å². The van der Waals surface area contributed by atoms with Crippen molar-refractivity contribution < 1.29 is 0 Å². The van der Waals surface area contributed by atoms with Crippen molar-refractivity contribution in [3.63, 3.8) is 0 Å². The van der Waals surface area contributed by atoms with Gasteiger partial charge < -0.3 is 0 Å². The summed E-state index contributed by atoms with van der Waals surface area (Å²) in [4.78, 5) is 0.